The lowest BCUT2D eigenvalue weighted by Crippen LogP contribution is -2.43. The van der Waals surface area contributed by atoms with Crippen molar-refractivity contribution in [1.29, 1.82) is 0 Å². The van der Waals surface area contributed by atoms with Crippen molar-refractivity contribution < 1.29 is 14.3 Å². The van der Waals surface area contributed by atoms with E-state index in [9.17, 15) is 9.59 Å². The quantitative estimate of drug-likeness (QED) is 0.908. The highest BCUT2D eigenvalue weighted by Gasteiger charge is 2.29. The second-order valence-corrected chi connectivity index (χ2v) is 7.22. The van der Waals surface area contributed by atoms with Crippen LogP contribution in [0.15, 0.2) is 36.5 Å². The summed E-state index contributed by atoms with van der Waals surface area (Å²) < 4.78 is 5.43. The molecule has 4 rings (SSSR count). The van der Waals surface area contributed by atoms with Gasteiger partial charge in [0.05, 0.1) is 19.1 Å². The number of amides is 2. The molecule has 1 fully saturated rings. The Labute approximate surface area is 158 Å². The number of rotatable bonds is 3. The Hall–Kier alpha value is -2.73. The minimum Gasteiger partial charge on any atom is -0.372 e. The zero-order valence-corrected chi connectivity index (χ0v) is 15.4. The highest BCUT2D eigenvalue weighted by molar-refractivity contribution is 5.96. The van der Waals surface area contributed by atoms with E-state index >= 15 is 0 Å². The lowest BCUT2D eigenvalue weighted by atomic mass is 9.96. The molecule has 6 nitrogen and oxygen atoms in total. The number of carbonyl (C=O) groups excluding carboxylic acids is 2. The van der Waals surface area contributed by atoms with Crippen LogP contribution in [0.5, 0.6) is 0 Å². The fourth-order valence-electron chi connectivity index (χ4n) is 3.70. The SMILES string of the molecule is Cc1cccnc1NC(=O)[C@@H]1CCCN(C(=O)c2ccc3c(c2)COC3)C1. The van der Waals surface area contributed by atoms with E-state index in [-0.39, 0.29) is 17.7 Å². The number of hydrogen-bond donors (Lipinski definition) is 1. The summed E-state index contributed by atoms with van der Waals surface area (Å²) >= 11 is 0. The largest absolute Gasteiger partial charge is 0.372 e. The molecule has 1 N–H and O–H groups in total. The number of aryl methyl sites for hydroxylation is 1. The van der Waals surface area contributed by atoms with Crippen LogP contribution in [0, 0.1) is 12.8 Å². The molecule has 1 saturated heterocycles. The van der Waals surface area contributed by atoms with E-state index in [1.807, 2.05) is 37.3 Å². The molecule has 2 amide bonds. The van der Waals surface area contributed by atoms with Crippen LogP contribution < -0.4 is 5.32 Å². The van der Waals surface area contributed by atoms with Gasteiger partial charge in [0.25, 0.3) is 5.91 Å². The van der Waals surface area contributed by atoms with Crippen LogP contribution in [0.2, 0.25) is 0 Å². The molecule has 0 bridgehead atoms. The van der Waals surface area contributed by atoms with Crippen molar-refractivity contribution in [2.24, 2.45) is 5.92 Å². The number of benzene rings is 1. The maximum Gasteiger partial charge on any atom is 0.253 e. The molecule has 6 heteroatoms. The van der Waals surface area contributed by atoms with Crippen LogP contribution in [0.25, 0.3) is 0 Å². The third-order valence-electron chi connectivity index (χ3n) is 5.30. The van der Waals surface area contributed by atoms with Gasteiger partial charge < -0.3 is 15.0 Å². The molecule has 0 spiro atoms. The molecule has 0 aliphatic carbocycles. The maximum absolute atomic E-state index is 12.9. The first-order chi connectivity index (χ1) is 13.1. The van der Waals surface area contributed by atoms with E-state index in [4.69, 9.17) is 4.74 Å². The summed E-state index contributed by atoms with van der Waals surface area (Å²) in [5.74, 6) is 0.277. The minimum absolute atomic E-state index is 0.0174. The minimum atomic E-state index is -0.220. The standard InChI is InChI=1S/C21H23N3O3/c1-14-4-2-8-22-19(14)23-20(25)16-5-3-9-24(11-16)21(26)15-6-7-17-12-27-13-18(17)10-15/h2,4,6-8,10,16H,3,5,9,11-13H2,1H3,(H,22,23,25)/t16-/m1/s1. The summed E-state index contributed by atoms with van der Waals surface area (Å²) in [6, 6.07) is 9.50. The Bertz CT molecular complexity index is 881. The van der Waals surface area contributed by atoms with Crippen LogP contribution in [0.4, 0.5) is 5.82 Å². The van der Waals surface area contributed by atoms with Crippen LogP contribution >= 0.6 is 0 Å². The normalized spacial score (nSPS) is 18.9. The molecule has 1 aromatic carbocycles. The van der Waals surface area contributed by atoms with E-state index < -0.39 is 0 Å². The van der Waals surface area contributed by atoms with Gasteiger partial charge in [0.15, 0.2) is 0 Å². The molecule has 1 atom stereocenters. The van der Waals surface area contributed by atoms with Gasteiger partial charge in [0, 0.05) is 24.8 Å². The number of likely N-dealkylation sites (tertiary alicyclic amines) is 1. The first-order valence-corrected chi connectivity index (χ1v) is 9.33. The van der Waals surface area contributed by atoms with Crippen molar-refractivity contribution in [1.82, 2.24) is 9.88 Å². The molecule has 3 heterocycles. The van der Waals surface area contributed by atoms with Gasteiger partial charge in [-0.2, -0.15) is 0 Å². The highest BCUT2D eigenvalue weighted by Crippen LogP contribution is 2.24. The molecule has 1 aromatic heterocycles. The lowest BCUT2D eigenvalue weighted by Gasteiger charge is -2.32. The Morgan fingerprint density at radius 1 is 1.22 bits per heavy atom. The molecule has 0 radical (unpaired) electrons. The summed E-state index contributed by atoms with van der Waals surface area (Å²) in [4.78, 5) is 31.6. The predicted octanol–water partition coefficient (Wildman–Crippen LogP) is 2.91. The monoisotopic (exact) mass is 365 g/mol. The van der Waals surface area contributed by atoms with Gasteiger partial charge in [-0.3, -0.25) is 9.59 Å². The zero-order chi connectivity index (χ0) is 18.8. The maximum atomic E-state index is 12.9. The van der Waals surface area contributed by atoms with E-state index in [0.29, 0.717) is 37.7 Å². The number of piperidine rings is 1. The molecule has 2 aliphatic heterocycles. The lowest BCUT2D eigenvalue weighted by molar-refractivity contribution is -0.121. The van der Waals surface area contributed by atoms with E-state index in [1.54, 1.807) is 11.1 Å². The molecule has 0 unspecified atom stereocenters. The molecule has 140 valence electrons. The number of carbonyl (C=O) groups is 2. The number of hydrogen-bond acceptors (Lipinski definition) is 4. The number of pyridine rings is 1. The number of nitrogens with one attached hydrogen (secondary N) is 1. The van der Waals surface area contributed by atoms with Crippen molar-refractivity contribution in [3.63, 3.8) is 0 Å². The highest BCUT2D eigenvalue weighted by atomic mass is 16.5. The van der Waals surface area contributed by atoms with Gasteiger partial charge in [0.2, 0.25) is 5.91 Å². The van der Waals surface area contributed by atoms with Crippen LogP contribution in [-0.2, 0) is 22.7 Å². The third kappa shape index (κ3) is 3.71. The van der Waals surface area contributed by atoms with Crippen LogP contribution in [-0.4, -0.2) is 34.8 Å². The predicted molar refractivity (Wildman–Crippen MR) is 101 cm³/mol. The molecule has 2 aliphatic rings. The molecular weight excluding hydrogens is 342 g/mol. The number of aromatic nitrogens is 1. The topological polar surface area (TPSA) is 71.5 Å². The van der Waals surface area contributed by atoms with E-state index in [1.165, 1.54) is 0 Å². The van der Waals surface area contributed by atoms with Crippen LogP contribution in [0.1, 0.15) is 39.9 Å². The summed E-state index contributed by atoms with van der Waals surface area (Å²) in [7, 11) is 0. The van der Waals surface area contributed by atoms with Gasteiger partial charge in [-0.25, -0.2) is 4.98 Å². The van der Waals surface area contributed by atoms with Crippen molar-refractivity contribution in [2.45, 2.75) is 33.0 Å². The second-order valence-electron chi connectivity index (χ2n) is 7.22. The number of nitrogens with zero attached hydrogens (tertiary/aromatic N) is 2. The first-order valence-electron chi connectivity index (χ1n) is 9.33. The van der Waals surface area contributed by atoms with Gasteiger partial charge in [-0.15, -0.1) is 0 Å². The zero-order valence-electron chi connectivity index (χ0n) is 15.4. The number of anilines is 1. The molecule has 2 aromatic rings. The van der Waals surface area contributed by atoms with Crippen molar-refractivity contribution in [2.75, 3.05) is 18.4 Å². The van der Waals surface area contributed by atoms with Gasteiger partial charge in [-0.05, 0) is 54.7 Å². The fraction of sp³-hybridized carbons (Fsp3) is 0.381. The Balaban J connectivity index is 1.44. The smallest absolute Gasteiger partial charge is 0.253 e. The van der Waals surface area contributed by atoms with Crippen molar-refractivity contribution in [3.05, 3.63) is 58.8 Å². The number of fused-ring (bicyclic) bond motifs is 1. The third-order valence-corrected chi connectivity index (χ3v) is 5.30. The Morgan fingerprint density at radius 2 is 2.07 bits per heavy atom. The summed E-state index contributed by atoms with van der Waals surface area (Å²) in [5.41, 5.74) is 3.82. The Kier molecular flexibility index (Phi) is 4.90. The van der Waals surface area contributed by atoms with Crippen molar-refractivity contribution >= 4 is 17.6 Å². The summed E-state index contributed by atoms with van der Waals surface area (Å²) in [6.07, 6.45) is 3.26. The molecular formula is C21H23N3O3. The van der Waals surface area contributed by atoms with E-state index in [0.717, 1.165) is 29.5 Å². The van der Waals surface area contributed by atoms with Gasteiger partial charge in [-0.1, -0.05) is 12.1 Å². The van der Waals surface area contributed by atoms with Crippen LogP contribution in [0.3, 0.4) is 0 Å². The average Bonchev–Trinajstić information content (AvgIpc) is 3.17. The summed E-state index contributed by atoms with van der Waals surface area (Å²) in [6.45, 7) is 4.20. The van der Waals surface area contributed by atoms with Gasteiger partial charge >= 0.3 is 0 Å². The fourth-order valence-corrected chi connectivity index (χ4v) is 3.70. The number of ether oxygens (including phenoxy) is 1. The van der Waals surface area contributed by atoms with E-state index in [2.05, 4.69) is 10.3 Å². The Morgan fingerprint density at radius 3 is 2.93 bits per heavy atom. The average molecular weight is 365 g/mol. The second kappa shape index (κ2) is 7.48. The molecule has 27 heavy (non-hydrogen) atoms. The molecule has 0 saturated carbocycles. The van der Waals surface area contributed by atoms with Crippen molar-refractivity contribution in [3.8, 4) is 0 Å². The summed E-state index contributed by atoms with van der Waals surface area (Å²) in [5, 5.41) is 2.91. The van der Waals surface area contributed by atoms with Gasteiger partial charge in [0.1, 0.15) is 5.82 Å². The first kappa shape index (κ1) is 17.7.